The van der Waals surface area contributed by atoms with Gasteiger partial charge in [0.05, 0.1) is 18.9 Å². The number of nitrogens with one attached hydrogen (secondary N) is 1. The van der Waals surface area contributed by atoms with Crippen LogP contribution in [0.3, 0.4) is 0 Å². The molecular weight excluding hydrogens is 855 g/mol. The van der Waals surface area contributed by atoms with Crippen molar-refractivity contribution in [3.05, 3.63) is 50.6 Å². The van der Waals surface area contributed by atoms with Crippen molar-refractivity contribution in [1.29, 1.82) is 0 Å². The molecule has 3 saturated heterocycles. The number of carboxylic acids is 5. The third-order valence-corrected chi connectivity index (χ3v) is 14.2. The van der Waals surface area contributed by atoms with Crippen LogP contribution in [-0.4, -0.2) is 96.4 Å². The maximum atomic E-state index is 14.2. The SMILES string of the molecule is CC1(CC(N)=O)C2=NC(CC34[N-]C(C=C5[N-]C(=C6C(=O)CCc7c6[n-]c(c7CC(=O)O)C2)C(CCC(=O)O)C5CC(=O)O)C(CCC(=O)O)C3(C)CC(=O)N4)C1CCC(=O)O.[Ni+3]. The van der Waals surface area contributed by atoms with Crippen molar-refractivity contribution in [2.45, 2.75) is 121 Å². The molecule has 2 amide bonds. The van der Waals surface area contributed by atoms with E-state index >= 15 is 0 Å². The molecule has 7 rings (SSSR count). The van der Waals surface area contributed by atoms with E-state index in [9.17, 15) is 63.9 Å². The molecule has 9 unspecified atom stereocenters. The van der Waals surface area contributed by atoms with E-state index in [0.717, 1.165) is 0 Å². The van der Waals surface area contributed by atoms with E-state index in [0.29, 0.717) is 16.8 Å². The fourth-order valence-electron chi connectivity index (χ4n) is 11.5. The molecular formula is C42H49N6NiO13. The van der Waals surface area contributed by atoms with Crippen LogP contribution in [0.1, 0.15) is 107 Å². The molecule has 1 aromatic heterocycles. The maximum absolute atomic E-state index is 14.2. The van der Waals surface area contributed by atoms with Crippen molar-refractivity contribution in [1.82, 2.24) is 10.3 Å². The average Bonchev–Trinajstić information content (AvgIpc) is 3.83. The Kier molecular flexibility index (Phi) is 12.7. The normalized spacial score (nSPS) is 31.9. The van der Waals surface area contributed by atoms with Crippen molar-refractivity contribution < 1.29 is 80.4 Å². The van der Waals surface area contributed by atoms with E-state index in [2.05, 4.69) is 5.32 Å². The quantitative estimate of drug-likeness (QED) is 0.125. The van der Waals surface area contributed by atoms with Crippen molar-refractivity contribution in [3.8, 4) is 0 Å². The molecule has 20 heteroatoms. The van der Waals surface area contributed by atoms with Crippen molar-refractivity contribution in [2.24, 2.45) is 45.2 Å². The Balaban J connectivity index is 0.00000641. The Morgan fingerprint density at radius 3 is 2.13 bits per heavy atom. The van der Waals surface area contributed by atoms with Gasteiger partial charge in [-0.05, 0) is 78.8 Å². The average molecular weight is 905 g/mol. The van der Waals surface area contributed by atoms with E-state index in [1.807, 2.05) is 6.92 Å². The van der Waals surface area contributed by atoms with Gasteiger partial charge in [0.1, 0.15) is 0 Å². The number of aliphatic imine (C=N–C) groups is 1. The third kappa shape index (κ3) is 8.18. The van der Waals surface area contributed by atoms with Gasteiger partial charge in [0, 0.05) is 49.7 Å². The molecule has 3 fully saturated rings. The molecule has 6 aliphatic rings. The van der Waals surface area contributed by atoms with Gasteiger partial charge in [-0.25, -0.2) is 0 Å². The molecule has 0 aromatic carbocycles. The number of hydrogen-bond donors (Lipinski definition) is 7. The smallest absolute Gasteiger partial charge is 0.664 e. The van der Waals surface area contributed by atoms with Gasteiger partial charge < -0.3 is 52.2 Å². The summed E-state index contributed by atoms with van der Waals surface area (Å²) < 4.78 is 0. The number of ketones is 1. The summed E-state index contributed by atoms with van der Waals surface area (Å²) in [6.07, 6.45) is -0.909. The summed E-state index contributed by atoms with van der Waals surface area (Å²) in [7, 11) is 0. The predicted molar refractivity (Wildman–Crippen MR) is 212 cm³/mol. The Bertz CT molecular complexity index is 2230. The van der Waals surface area contributed by atoms with E-state index in [4.69, 9.17) is 26.3 Å². The van der Waals surface area contributed by atoms with Crippen LogP contribution in [0.5, 0.6) is 0 Å². The molecule has 8 bridgehead atoms. The molecule has 9 atom stereocenters. The number of fused-ring (bicyclic) bond motifs is 5. The number of carboxylic acid groups (broad SMARTS) is 5. The molecule has 1 aliphatic carbocycles. The number of amides is 2. The molecule has 1 spiro atoms. The van der Waals surface area contributed by atoms with Crippen molar-refractivity contribution >= 4 is 58.7 Å². The van der Waals surface area contributed by atoms with Crippen LogP contribution in [0.2, 0.25) is 0 Å². The molecule has 1 aromatic rings. The van der Waals surface area contributed by atoms with Gasteiger partial charge in [-0.1, -0.05) is 25.0 Å². The van der Waals surface area contributed by atoms with Crippen LogP contribution in [0.25, 0.3) is 16.2 Å². The summed E-state index contributed by atoms with van der Waals surface area (Å²) in [5.41, 5.74) is 4.03. The fourth-order valence-corrected chi connectivity index (χ4v) is 11.5. The monoisotopic (exact) mass is 903 g/mol. The summed E-state index contributed by atoms with van der Waals surface area (Å²) in [5, 5.41) is 63.3. The first-order valence-corrected chi connectivity index (χ1v) is 20.5. The maximum Gasteiger partial charge on any atom is 3.00 e. The van der Waals surface area contributed by atoms with Gasteiger partial charge in [-0.15, -0.1) is 29.2 Å². The Labute approximate surface area is 365 Å². The number of nitrogens with zero attached hydrogens (tertiary/aromatic N) is 4. The second kappa shape index (κ2) is 17.1. The van der Waals surface area contributed by atoms with Gasteiger partial charge in [0.25, 0.3) is 0 Å². The Morgan fingerprint density at radius 2 is 1.52 bits per heavy atom. The molecule has 62 heavy (non-hydrogen) atoms. The molecule has 8 N–H and O–H groups in total. The number of carbonyl (C=O) groups is 8. The predicted octanol–water partition coefficient (Wildman–Crippen LogP) is 2.93. The minimum absolute atomic E-state index is 0. The van der Waals surface area contributed by atoms with Crippen LogP contribution >= 0.6 is 0 Å². The molecule has 0 saturated carbocycles. The van der Waals surface area contributed by atoms with E-state index in [1.54, 1.807) is 13.0 Å². The largest absolute Gasteiger partial charge is 3.00 e. The molecule has 6 heterocycles. The summed E-state index contributed by atoms with van der Waals surface area (Å²) in [6, 6.07) is -1.69. The van der Waals surface area contributed by atoms with Crippen LogP contribution in [0, 0.1) is 34.5 Å². The first-order valence-electron chi connectivity index (χ1n) is 20.5. The number of carbonyl (C=O) groups excluding carboxylic acids is 3. The fraction of sp³-hybridized carbons (Fsp3) is 0.595. The van der Waals surface area contributed by atoms with Gasteiger partial charge in [0.2, 0.25) is 11.8 Å². The number of allylic oxidation sites excluding steroid dienone is 3. The topological polar surface area (TPSA) is 330 Å². The molecule has 19 nitrogen and oxygen atoms in total. The summed E-state index contributed by atoms with van der Waals surface area (Å²) in [6.45, 7) is 3.57. The number of primary amides is 1. The molecule has 335 valence electrons. The van der Waals surface area contributed by atoms with Crippen LogP contribution in [0.15, 0.2) is 22.5 Å². The number of Topliss-reactive ketones (excluding diaryl/α,β-unsaturated/α-hetero) is 1. The van der Waals surface area contributed by atoms with Crippen molar-refractivity contribution in [2.75, 3.05) is 0 Å². The van der Waals surface area contributed by atoms with E-state index in [1.165, 1.54) is 0 Å². The van der Waals surface area contributed by atoms with Gasteiger partial charge >= 0.3 is 46.3 Å². The van der Waals surface area contributed by atoms with Crippen LogP contribution in [-0.2, 0) is 74.1 Å². The van der Waals surface area contributed by atoms with Crippen molar-refractivity contribution in [3.63, 3.8) is 0 Å². The first kappa shape index (κ1) is 46.2. The second-order valence-corrected chi connectivity index (χ2v) is 17.8. The minimum Gasteiger partial charge on any atom is -0.664 e. The second-order valence-electron chi connectivity index (χ2n) is 17.8. The number of aromatic nitrogens is 1. The Morgan fingerprint density at radius 1 is 0.871 bits per heavy atom. The summed E-state index contributed by atoms with van der Waals surface area (Å²) in [5.74, 6) is -10.5. The third-order valence-electron chi connectivity index (χ3n) is 14.2. The van der Waals surface area contributed by atoms with Gasteiger partial charge in [-0.2, -0.15) is 5.70 Å². The van der Waals surface area contributed by atoms with Gasteiger partial charge in [0.15, 0.2) is 5.78 Å². The van der Waals surface area contributed by atoms with Crippen LogP contribution < -0.4 is 16.0 Å². The zero-order chi connectivity index (χ0) is 44.3. The molecule has 5 aliphatic heterocycles. The molecule has 1 radical (unpaired) electrons. The van der Waals surface area contributed by atoms with Gasteiger partial charge in [-0.3, -0.25) is 43.3 Å². The summed E-state index contributed by atoms with van der Waals surface area (Å²) in [4.78, 5) is 112. The van der Waals surface area contributed by atoms with E-state index < -0.39 is 113 Å². The zero-order valence-electron chi connectivity index (χ0n) is 34.1. The summed E-state index contributed by atoms with van der Waals surface area (Å²) >= 11 is 0. The number of nitrogens with two attached hydrogens (primary N) is 1. The van der Waals surface area contributed by atoms with Crippen LogP contribution in [0.4, 0.5) is 0 Å². The standard InChI is InChI=1S/C42H50N6O13.Ni/c1-40(16-30(43)50)22(5-9-33(54)55)27-15-42-41(2,17-31(51)48-42)23(6-10-34(56)57)26(47-42)13-24-20(11-35(58)59)19(4-8-32(52)53)39(45-24)37-28(49)7-3-18-21(12-36(60)61)25(46-38(18)37)14-29(40)44-27;/h13,19-20,22-23,26-27H,3-12,14-17H2,1-2H3,(H9,43,45,48,49,50,51,52,53,54,55,56,57,58,59,60,61);/q-2;+3/p-1. The number of rotatable bonds is 15. The first-order chi connectivity index (χ1) is 28.7. The Hall–Kier alpha value is -5.36. The zero-order valence-corrected chi connectivity index (χ0v) is 35.1. The minimum atomic E-state index is -1.44. The van der Waals surface area contributed by atoms with E-state index in [-0.39, 0.29) is 121 Å². The number of aliphatic carboxylic acids is 5. The number of hydrogen-bond acceptors (Lipinski definition) is 9.